The van der Waals surface area contributed by atoms with E-state index in [1.54, 1.807) is 38.1 Å². The zero-order valence-electron chi connectivity index (χ0n) is 11.4. The maximum absolute atomic E-state index is 12.1. The van der Waals surface area contributed by atoms with Gasteiger partial charge in [-0.1, -0.05) is 6.07 Å². The molecule has 0 saturated heterocycles. The smallest absolute Gasteiger partial charge is 0.251 e. The highest BCUT2D eigenvalue weighted by Crippen LogP contribution is 2.21. The second-order valence-electron chi connectivity index (χ2n) is 4.88. The van der Waals surface area contributed by atoms with Gasteiger partial charge in [0.1, 0.15) is 17.1 Å². The molecule has 0 saturated carbocycles. The Kier molecular flexibility index (Phi) is 3.81. The van der Waals surface area contributed by atoms with Gasteiger partial charge in [-0.05, 0) is 38.1 Å². The Morgan fingerprint density at radius 2 is 2.10 bits per heavy atom. The Labute approximate surface area is 116 Å². The van der Waals surface area contributed by atoms with Crippen LogP contribution in [0.1, 0.15) is 28.6 Å². The van der Waals surface area contributed by atoms with E-state index in [2.05, 4.69) is 5.32 Å². The number of phenolic OH excluding ortho intramolecular Hbond substituents is 1. The average molecular weight is 275 g/mol. The fourth-order valence-corrected chi connectivity index (χ4v) is 1.89. The van der Waals surface area contributed by atoms with Gasteiger partial charge in [-0.2, -0.15) is 0 Å². The summed E-state index contributed by atoms with van der Waals surface area (Å²) in [6.45, 7) is 3.23. The summed E-state index contributed by atoms with van der Waals surface area (Å²) in [5, 5.41) is 22.5. The van der Waals surface area contributed by atoms with E-state index in [0.717, 1.165) is 0 Å². The molecule has 1 aromatic heterocycles. The maximum Gasteiger partial charge on any atom is 0.251 e. The van der Waals surface area contributed by atoms with Crippen molar-refractivity contribution in [3.63, 3.8) is 0 Å². The summed E-state index contributed by atoms with van der Waals surface area (Å²) in [5.41, 5.74) is -0.410. The number of benzene rings is 1. The zero-order valence-corrected chi connectivity index (χ0v) is 11.4. The minimum atomic E-state index is -1.29. The van der Waals surface area contributed by atoms with Gasteiger partial charge < -0.3 is 19.9 Å². The number of carbonyl (C=O) groups is 1. The Morgan fingerprint density at radius 3 is 2.75 bits per heavy atom. The normalized spacial score (nSPS) is 13.8. The predicted octanol–water partition coefficient (Wildman–Crippen LogP) is 1.93. The monoisotopic (exact) mass is 275 g/mol. The van der Waals surface area contributed by atoms with Crippen LogP contribution >= 0.6 is 0 Å². The Hall–Kier alpha value is -2.27. The van der Waals surface area contributed by atoms with Gasteiger partial charge in [-0.15, -0.1) is 0 Å². The third-order valence-electron chi connectivity index (χ3n) is 3.19. The van der Waals surface area contributed by atoms with Crippen molar-refractivity contribution in [1.29, 1.82) is 0 Å². The molecule has 0 aliphatic heterocycles. The average Bonchev–Trinajstić information content (AvgIpc) is 2.94. The summed E-state index contributed by atoms with van der Waals surface area (Å²) in [6, 6.07) is 8.05. The van der Waals surface area contributed by atoms with Gasteiger partial charge in [-0.3, -0.25) is 4.79 Å². The predicted molar refractivity (Wildman–Crippen MR) is 73.5 cm³/mol. The van der Waals surface area contributed by atoms with Crippen molar-refractivity contribution < 1.29 is 19.4 Å². The highest BCUT2D eigenvalue weighted by molar-refractivity contribution is 5.96. The van der Waals surface area contributed by atoms with Gasteiger partial charge in [0.15, 0.2) is 0 Å². The van der Waals surface area contributed by atoms with Crippen molar-refractivity contribution >= 4 is 5.91 Å². The molecule has 1 aromatic carbocycles. The van der Waals surface area contributed by atoms with E-state index in [1.165, 1.54) is 12.3 Å². The zero-order chi connectivity index (χ0) is 14.8. The van der Waals surface area contributed by atoms with Crippen LogP contribution in [-0.2, 0) is 5.60 Å². The Bertz CT molecular complexity index is 602. The first-order valence-electron chi connectivity index (χ1n) is 6.25. The van der Waals surface area contributed by atoms with E-state index in [4.69, 9.17) is 4.42 Å². The van der Waals surface area contributed by atoms with Gasteiger partial charge >= 0.3 is 0 Å². The van der Waals surface area contributed by atoms with Crippen molar-refractivity contribution in [1.82, 2.24) is 5.32 Å². The molecule has 5 nitrogen and oxygen atoms in total. The molecule has 0 aliphatic carbocycles. The first-order valence-corrected chi connectivity index (χ1v) is 6.25. The summed E-state index contributed by atoms with van der Waals surface area (Å²) in [6.07, 6.45) is 1.46. The molecule has 0 radical (unpaired) electrons. The van der Waals surface area contributed by atoms with Crippen LogP contribution in [0.3, 0.4) is 0 Å². The SMILES string of the molecule is Cc1c(O)cccc1C(=O)NCC(C)(O)c1ccco1. The molecular formula is C15H17NO4. The fourth-order valence-electron chi connectivity index (χ4n) is 1.89. The van der Waals surface area contributed by atoms with Crippen LogP contribution < -0.4 is 5.32 Å². The molecule has 1 atom stereocenters. The number of phenols is 1. The molecular weight excluding hydrogens is 258 g/mol. The summed E-state index contributed by atoms with van der Waals surface area (Å²) in [7, 11) is 0. The first-order chi connectivity index (χ1) is 9.42. The molecule has 0 bridgehead atoms. The van der Waals surface area contributed by atoms with E-state index in [-0.39, 0.29) is 18.2 Å². The number of carbonyl (C=O) groups excluding carboxylic acids is 1. The van der Waals surface area contributed by atoms with Crippen molar-refractivity contribution in [2.24, 2.45) is 0 Å². The van der Waals surface area contributed by atoms with Crippen molar-refractivity contribution in [3.05, 3.63) is 53.5 Å². The van der Waals surface area contributed by atoms with Crippen molar-refractivity contribution in [3.8, 4) is 5.75 Å². The van der Waals surface area contributed by atoms with Crippen LogP contribution in [-0.4, -0.2) is 22.7 Å². The minimum absolute atomic E-state index is 0.00838. The van der Waals surface area contributed by atoms with E-state index < -0.39 is 5.60 Å². The highest BCUT2D eigenvalue weighted by atomic mass is 16.4. The second-order valence-corrected chi connectivity index (χ2v) is 4.88. The number of aromatic hydroxyl groups is 1. The molecule has 3 N–H and O–H groups in total. The molecule has 2 rings (SSSR count). The number of hydrogen-bond acceptors (Lipinski definition) is 4. The lowest BCUT2D eigenvalue weighted by Crippen LogP contribution is -2.38. The summed E-state index contributed by atoms with van der Waals surface area (Å²) in [5.74, 6) is 0.0890. The summed E-state index contributed by atoms with van der Waals surface area (Å²) >= 11 is 0. The number of rotatable bonds is 4. The highest BCUT2D eigenvalue weighted by Gasteiger charge is 2.27. The molecule has 0 aliphatic rings. The number of hydrogen-bond donors (Lipinski definition) is 3. The quantitative estimate of drug-likeness (QED) is 0.796. The molecule has 2 aromatic rings. The molecule has 0 fully saturated rings. The molecule has 20 heavy (non-hydrogen) atoms. The van der Waals surface area contributed by atoms with Crippen LogP contribution in [0, 0.1) is 6.92 Å². The Morgan fingerprint density at radius 1 is 1.35 bits per heavy atom. The topological polar surface area (TPSA) is 82.7 Å². The number of furan rings is 1. The first kappa shape index (κ1) is 14.1. The van der Waals surface area contributed by atoms with Crippen LogP contribution in [0.15, 0.2) is 41.0 Å². The van der Waals surface area contributed by atoms with Gasteiger partial charge in [0.05, 0.1) is 12.8 Å². The fraction of sp³-hybridized carbons (Fsp3) is 0.267. The third kappa shape index (κ3) is 2.83. The molecule has 106 valence electrons. The molecule has 5 heteroatoms. The van der Waals surface area contributed by atoms with Crippen molar-refractivity contribution in [2.75, 3.05) is 6.54 Å². The lowest BCUT2D eigenvalue weighted by Gasteiger charge is -2.21. The minimum Gasteiger partial charge on any atom is -0.508 e. The molecule has 1 amide bonds. The molecule has 0 spiro atoms. The standard InChI is InChI=1S/C15H17NO4/c1-10-11(5-3-6-12(10)17)14(18)16-9-15(2,19)13-7-4-8-20-13/h3-8,17,19H,9H2,1-2H3,(H,16,18). The van der Waals surface area contributed by atoms with Gasteiger partial charge in [-0.25, -0.2) is 0 Å². The van der Waals surface area contributed by atoms with E-state index in [0.29, 0.717) is 16.9 Å². The number of nitrogens with one attached hydrogen (secondary N) is 1. The number of aliphatic hydroxyl groups is 1. The summed E-state index contributed by atoms with van der Waals surface area (Å²) in [4.78, 5) is 12.1. The second kappa shape index (κ2) is 5.38. The number of amides is 1. The van der Waals surface area contributed by atoms with Crippen LogP contribution in [0.2, 0.25) is 0 Å². The van der Waals surface area contributed by atoms with Gasteiger partial charge in [0.25, 0.3) is 5.91 Å². The molecule has 1 heterocycles. The van der Waals surface area contributed by atoms with Crippen molar-refractivity contribution in [2.45, 2.75) is 19.4 Å². The van der Waals surface area contributed by atoms with Crippen LogP contribution in [0.4, 0.5) is 0 Å². The van der Waals surface area contributed by atoms with E-state index >= 15 is 0 Å². The van der Waals surface area contributed by atoms with E-state index in [1.807, 2.05) is 0 Å². The maximum atomic E-state index is 12.1. The third-order valence-corrected chi connectivity index (χ3v) is 3.19. The van der Waals surface area contributed by atoms with E-state index in [9.17, 15) is 15.0 Å². The van der Waals surface area contributed by atoms with Crippen LogP contribution in [0.5, 0.6) is 5.75 Å². The lowest BCUT2D eigenvalue weighted by atomic mass is 10.0. The van der Waals surface area contributed by atoms with Crippen LogP contribution in [0.25, 0.3) is 0 Å². The molecule has 1 unspecified atom stereocenters. The lowest BCUT2D eigenvalue weighted by molar-refractivity contribution is 0.0330. The van der Waals surface area contributed by atoms with Gasteiger partial charge in [0, 0.05) is 11.1 Å². The largest absolute Gasteiger partial charge is 0.508 e. The van der Waals surface area contributed by atoms with Gasteiger partial charge in [0.2, 0.25) is 0 Å². The summed E-state index contributed by atoms with van der Waals surface area (Å²) < 4.78 is 5.14. The Balaban J connectivity index is 2.08.